The van der Waals surface area contributed by atoms with Gasteiger partial charge in [0.15, 0.2) is 12.1 Å². The Morgan fingerprint density at radius 2 is 1.53 bits per heavy atom. The number of alkyl halides is 3. The number of hydrogen-bond acceptors (Lipinski definition) is 5. The molecule has 3 rings (SSSR count). The molecule has 1 aromatic carbocycles. The van der Waals surface area contributed by atoms with Crippen LogP contribution in [0.2, 0.25) is 0 Å². The molecule has 0 saturated heterocycles. The Kier molecular flexibility index (Phi) is 9.14. The minimum atomic E-state index is -4.06. The number of H-pyrrole nitrogens is 3. The van der Waals surface area contributed by atoms with E-state index < -0.39 is 42.0 Å². The highest BCUT2D eigenvalue weighted by Crippen LogP contribution is 2.23. The summed E-state index contributed by atoms with van der Waals surface area (Å²) in [7, 11) is 0. The predicted octanol–water partition coefficient (Wildman–Crippen LogP) is 3.08. The SMILES string of the molecule is O=C(COc1ccc(CCCCCCCCCC(F)(F)F)cc1)Nn1c(=O)[nH]c2[nH]c(=O)[nH]c2c1=O. The van der Waals surface area contributed by atoms with Crippen molar-refractivity contribution in [3.05, 3.63) is 61.2 Å². The summed E-state index contributed by atoms with van der Waals surface area (Å²) in [4.78, 5) is 54.5. The molecule has 0 aliphatic carbocycles. The van der Waals surface area contributed by atoms with Gasteiger partial charge >= 0.3 is 23.1 Å². The third-order valence-corrected chi connectivity index (χ3v) is 5.53. The molecule has 0 bridgehead atoms. The standard InChI is InChI=1S/C23H28F3N5O5/c24-23(25,26)13-7-5-3-1-2-4-6-8-15-9-11-16(12-10-15)36-14-17(32)30-31-20(33)18-19(29-22(31)35)28-21(34)27-18/h9-12H,1-8,13-14H2,(H,29,35)(H,30,32)(H2,27,28,34). The average Bonchev–Trinajstić information content (AvgIpc) is 3.19. The summed E-state index contributed by atoms with van der Waals surface area (Å²) in [5, 5.41) is 0. The van der Waals surface area contributed by atoms with E-state index in [-0.39, 0.29) is 17.6 Å². The first-order valence-corrected chi connectivity index (χ1v) is 11.7. The summed E-state index contributed by atoms with van der Waals surface area (Å²) < 4.78 is 42.1. The third-order valence-electron chi connectivity index (χ3n) is 5.53. The molecule has 3 aromatic rings. The van der Waals surface area contributed by atoms with Crippen LogP contribution in [0.5, 0.6) is 5.75 Å². The van der Waals surface area contributed by atoms with E-state index >= 15 is 0 Å². The number of fused-ring (bicyclic) bond motifs is 1. The lowest BCUT2D eigenvalue weighted by atomic mass is 10.0. The number of nitrogens with zero attached hydrogens (tertiary/aromatic N) is 1. The van der Waals surface area contributed by atoms with Gasteiger partial charge in [0.1, 0.15) is 11.4 Å². The molecule has 0 fully saturated rings. The van der Waals surface area contributed by atoms with Crippen molar-refractivity contribution in [2.24, 2.45) is 0 Å². The van der Waals surface area contributed by atoms with Crippen LogP contribution in [0.25, 0.3) is 11.2 Å². The van der Waals surface area contributed by atoms with Gasteiger partial charge in [0.25, 0.3) is 5.91 Å². The van der Waals surface area contributed by atoms with Crippen molar-refractivity contribution in [1.29, 1.82) is 0 Å². The van der Waals surface area contributed by atoms with Crippen molar-refractivity contribution < 1.29 is 22.7 Å². The van der Waals surface area contributed by atoms with Crippen LogP contribution < -0.4 is 27.1 Å². The summed E-state index contributed by atoms with van der Waals surface area (Å²) in [5.41, 5.74) is 0.466. The number of nitrogens with one attached hydrogen (secondary N) is 4. The number of rotatable bonds is 13. The summed E-state index contributed by atoms with van der Waals surface area (Å²) in [6, 6.07) is 7.16. The highest BCUT2D eigenvalue weighted by atomic mass is 19.4. The van der Waals surface area contributed by atoms with Gasteiger partial charge in [-0.3, -0.25) is 30.0 Å². The lowest BCUT2D eigenvalue weighted by Gasteiger charge is -2.09. The van der Waals surface area contributed by atoms with Crippen LogP contribution in [0.1, 0.15) is 56.9 Å². The second kappa shape index (κ2) is 12.3. The number of carbonyl (C=O) groups excluding carboxylic acids is 1. The molecule has 2 aromatic heterocycles. The third kappa shape index (κ3) is 8.17. The van der Waals surface area contributed by atoms with E-state index in [1.807, 2.05) is 12.1 Å². The number of ether oxygens (including phenoxy) is 1. The molecule has 0 aliphatic rings. The van der Waals surface area contributed by atoms with Crippen LogP contribution in [0.15, 0.2) is 38.6 Å². The van der Waals surface area contributed by atoms with Gasteiger partial charge < -0.3 is 4.74 Å². The van der Waals surface area contributed by atoms with Gasteiger partial charge in [-0.1, -0.05) is 44.2 Å². The zero-order valence-electron chi connectivity index (χ0n) is 19.5. The smallest absolute Gasteiger partial charge is 0.389 e. The van der Waals surface area contributed by atoms with Crippen molar-refractivity contribution >= 4 is 17.1 Å². The van der Waals surface area contributed by atoms with Gasteiger partial charge in [0, 0.05) is 6.42 Å². The fourth-order valence-corrected chi connectivity index (χ4v) is 3.70. The molecule has 13 heteroatoms. The molecule has 2 heterocycles. The quantitative estimate of drug-likeness (QED) is 0.261. The molecule has 0 radical (unpaired) electrons. The molecule has 1 amide bonds. The Morgan fingerprint density at radius 1 is 0.889 bits per heavy atom. The Hall–Kier alpha value is -3.77. The Labute approximate surface area is 202 Å². The summed E-state index contributed by atoms with van der Waals surface area (Å²) in [5.74, 6) is -0.318. The van der Waals surface area contributed by atoms with E-state index in [4.69, 9.17) is 4.74 Å². The minimum absolute atomic E-state index is 0.0725. The van der Waals surface area contributed by atoms with E-state index in [2.05, 4.69) is 20.4 Å². The highest BCUT2D eigenvalue weighted by Gasteiger charge is 2.25. The minimum Gasteiger partial charge on any atom is -0.484 e. The van der Waals surface area contributed by atoms with Gasteiger partial charge in [0.2, 0.25) is 0 Å². The van der Waals surface area contributed by atoms with Crippen molar-refractivity contribution in [2.45, 2.75) is 64.0 Å². The molecule has 0 spiro atoms. The first kappa shape index (κ1) is 26.8. The molecule has 0 saturated carbocycles. The maximum absolute atomic E-state index is 12.3. The number of halogens is 3. The zero-order valence-corrected chi connectivity index (χ0v) is 19.5. The summed E-state index contributed by atoms with van der Waals surface area (Å²) in [6.07, 6.45) is 1.59. The van der Waals surface area contributed by atoms with E-state index in [0.29, 0.717) is 16.8 Å². The van der Waals surface area contributed by atoms with E-state index in [1.54, 1.807) is 12.1 Å². The molecule has 0 atom stereocenters. The summed E-state index contributed by atoms with van der Waals surface area (Å²) in [6.45, 7) is -0.449. The molecule has 10 nitrogen and oxygen atoms in total. The number of aromatic nitrogens is 4. The Morgan fingerprint density at radius 3 is 2.19 bits per heavy atom. The van der Waals surface area contributed by atoms with Gasteiger partial charge in [-0.05, 0) is 37.0 Å². The van der Waals surface area contributed by atoms with Crippen LogP contribution in [0.4, 0.5) is 13.2 Å². The topological polar surface area (TPSA) is 142 Å². The van der Waals surface area contributed by atoms with Gasteiger partial charge in [0.05, 0.1) is 0 Å². The first-order valence-electron chi connectivity index (χ1n) is 11.7. The second-order valence-corrected chi connectivity index (χ2v) is 8.46. The second-order valence-electron chi connectivity index (χ2n) is 8.46. The Balaban J connectivity index is 1.35. The van der Waals surface area contributed by atoms with E-state index in [0.717, 1.165) is 44.1 Å². The van der Waals surface area contributed by atoms with Crippen molar-refractivity contribution in [3.63, 3.8) is 0 Å². The van der Waals surface area contributed by atoms with Crippen LogP contribution in [-0.4, -0.2) is 38.3 Å². The lowest BCUT2D eigenvalue weighted by molar-refractivity contribution is -0.135. The fourth-order valence-electron chi connectivity index (χ4n) is 3.70. The number of aromatic amines is 3. The maximum Gasteiger partial charge on any atom is 0.389 e. The van der Waals surface area contributed by atoms with Crippen molar-refractivity contribution in [3.8, 4) is 5.75 Å². The zero-order chi connectivity index (χ0) is 26.1. The molecular formula is C23H28F3N5O5. The first-order chi connectivity index (χ1) is 17.1. The van der Waals surface area contributed by atoms with Crippen molar-refractivity contribution in [1.82, 2.24) is 19.6 Å². The molecule has 4 N–H and O–H groups in total. The van der Waals surface area contributed by atoms with Crippen LogP contribution in [0, 0.1) is 0 Å². The average molecular weight is 512 g/mol. The predicted molar refractivity (Wildman–Crippen MR) is 127 cm³/mol. The Bertz CT molecular complexity index is 1320. The van der Waals surface area contributed by atoms with Gasteiger partial charge in [-0.15, -0.1) is 0 Å². The maximum atomic E-state index is 12.3. The number of benzene rings is 1. The van der Waals surface area contributed by atoms with Crippen LogP contribution in [-0.2, 0) is 11.2 Å². The van der Waals surface area contributed by atoms with Crippen LogP contribution in [0.3, 0.4) is 0 Å². The molecule has 36 heavy (non-hydrogen) atoms. The summed E-state index contributed by atoms with van der Waals surface area (Å²) >= 11 is 0. The molecular weight excluding hydrogens is 483 g/mol. The fraction of sp³-hybridized carbons (Fsp3) is 0.478. The van der Waals surface area contributed by atoms with Gasteiger partial charge in [-0.2, -0.15) is 17.8 Å². The molecule has 0 aliphatic heterocycles. The van der Waals surface area contributed by atoms with E-state index in [1.165, 1.54) is 0 Å². The number of imidazole rings is 1. The van der Waals surface area contributed by atoms with E-state index in [9.17, 15) is 32.3 Å². The normalized spacial score (nSPS) is 11.6. The molecule has 196 valence electrons. The number of carbonyl (C=O) groups is 1. The number of aryl methyl sites for hydroxylation is 1. The largest absolute Gasteiger partial charge is 0.484 e. The van der Waals surface area contributed by atoms with Gasteiger partial charge in [-0.25, -0.2) is 9.59 Å². The monoisotopic (exact) mass is 511 g/mol. The van der Waals surface area contributed by atoms with Crippen LogP contribution >= 0.6 is 0 Å². The number of amides is 1. The number of hydrogen-bond donors (Lipinski definition) is 4. The molecule has 0 unspecified atom stereocenters. The lowest BCUT2D eigenvalue weighted by Crippen LogP contribution is -2.45. The highest BCUT2D eigenvalue weighted by molar-refractivity contribution is 5.85. The van der Waals surface area contributed by atoms with Crippen molar-refractivity contribution in [2.75, 3.05) is 12.0 Å². The number of unbranched alkanes of at least 4 members (excludes halogenated alkanes) is 6.